The third kappa shape index (κ3) is 2.65. The molecule has 0 aliphatic carbocycles. The minimum absolute atomic E-state index is 0.0420. The van der Waals surface area contributed by atoms with E-state index in [4.69, 9.17) is 0 Å². The number of aryl methyl sites for hydroxylation is 2. The summed E-state index contributed by atoms with van der Waals surface area (Å²) < 4.78 is 13.8. The summed E-state index contributed by atoms with van der Waals surface area (Å²) in [5.41, 5.74) is 3.67. The molecule has 2 aromatic rings. The zero-order valence-corrected chi connectivity index (χ0v) is 11.6. The van der Waals surface area contributed by atoms with E-state index in [1.54, 1.807) is 6.07 Å². The van der Waals surface area contributed by atoms with Gasteiger partial charge < -0.3 is 10.3 Å². The number of halogens is 1. The molecule has 1 aromatic carbocycles. The topological polar surface area (TPSA) is 44.9 Å². The van der Waals surface area contributed by atoms with Gasteiger partial charge in [0.1, 0.15) is 13.7 Å². The van der Waals surface area contributed by atoms with Gasteiger partial charge in [-0.25, -0.2) is 4.39 Å². The van der Waals surface area contributed by atoms with Crippen LogP contribution in [0.4, 0.5) is 4.39 Å². The van der Waals surface area contributed by atoms with E-state index in [0.29, 0.717) is 24.8 Å². The van der Waals surface area contributed by atoms with Gasteiger partial charge in [-0.05, 0) is 43.8 Å². The molecule has 0 aliphatic rings. The number of H-pyrrole nitrogens is 1. The molecule has 0 saturated carbocycles. The lowest BCUT2D eigenvalue weighted by Gasteiger charge is -2.05. The van der Waals surface area contributed by atoms with Gasteiger partial charge >= 0.3 is 0 Å². The second kappa shape index (κ2) is 5.47. The van der Waals surface area contributed by atoms with Gasteiger partial charge in [-0.2, -0.15) is 0 Å². The van der Waals surface area contributed by atoms with E-state index in [1.165, 1.54) is 6.07 Å². The highest BCUT2D eigenvalue weighted by Gasteiger charge is 2.13. The molecular weight excluding hydrogens is 242 g/mol. The maximum atomic E-state index is 13.8. The van der Waals surface area contributed by atoms with Crippen LogP contribution in [0.5, 0.6) is 0 Å². The van der Waals surface area contributed by atoms with Gasteiger partial charge in [0, 0.05) is 17.6 Å². The predicted molar refractivity (Wildman–Crippen MR) is 77.8 cm³/mol. The zero-order chi connectivity index (χ0) is 14.0. The standard InChI is InChI=1S/C14H18BFN2O/c1-8-3-4-11(16)14-13(8)10(9(2)18-14)5-6-17-12(19)7-15/h3-4,18H,5-7,15H2,1-2H3,(H,17,19). The third-order valence-electron chi connectivity index (χ3n) is 3.45. The van der Waals surface area contributed by atoms with Crippen LogP contribution in [-0.2, 0) is 11.2 Å². The van der Waals surface area contributed by atoms with Crippen molar-refractivity contribution in [2.45, 2.75) is 26.6 Å². The highest BCUT2D eigenvalue weighted by atomic mass is 19.1. The molecule has 5 heteroatoms. The number of carbonyl (C=O) groups is 1. The van der Waals surface area contributed by atoms with E-state index in [1.807, 2.05) is 21.7 Å². The SMILES string of the molecule is BCC(=O)NCCc1c(C)[nH]c2c(F)ccc(C)c12. The first-order chi connectivity index (χ1) is 9.04. The van der Waals surface area contributed by atoms with Crippen LogP contribution in [0.1, 0.15) is 16.8 Å². The number of amides is 1. The zero-order valence-electron chi connectivity index (χ0n) is 11.6. The van der Waals surface area contributed by atoms with Crippen molar-refractivity contribution in [2.24, 2.45) is 0 Å². The number of benzene rings is 1. The molecule has 19 heavy (non-hydrogen) atoms. The summed E-state index contributed by atoms with van der Waals surface area (Å²) in [6.07, 6.45) is 1.20. The van der Waals surface area contributed by atoms with Crippen molar-refractivity contribution in [1.82, 2.24) is 10.3 Å². The molecule has 0 spiro atoms. The summed E-state index contributed by atoms with van der Waals surface area (Å²) in [7, 11) is 1.83. The summed E-state index contributed by atoms with van der Waals surface area (Å²) in [6, 6.07) is 3.27. The number of fused-ring (bicyclic) bond motifs is 1. The van der Waals surface area contributed by atoms with E-state index in [0.717, 1.165) is 22.2 Å². The Morgan fingerprint density at radius 2 is 2.16 bits per heavy atom. The molecular formula is C14H18BFN2O. The maximum absolute atomic E-state index is 13.8. The maximum Gasteiger partial charge on any atom is 0.212 e. The van der Waals surface area contributed by atoms with Crippen LogP contribution in [0.25, 0.3) is 10.9 Å². The molecule has 1 heterocycles. The molecule has 0 radical (unpaired) electrons. The molecule has 0 bridgehead atoms. The van der Waals surface area contributed by atoms with Crippen LogP contribution in [0.2, 0.25) is 6.32 Å². The Morgan fingerprint density at radius 1 is 1.42 bits per heavy atom. The average Bonchev–Trinajstić information content (AvgIpc) is 2.72. The number of carbonyl (C=O) groups excluding carboxylic acids is 1. The molecule has 0 atom stereocenters. The number of aromatic nitrogens is 1. The van der Waals surface area contributed by atoms with Gasteiger partial charge in [-0.15, -0.1) is 0 Å². The summed E-state index contributed by atoms with van der Waals surface area (Å²) in [5, 5.41) is 3.80. The molecule has 0 aliphatic heterocycles. The molecule has 3 nitrogen and oxygen atoms in total. The van der Waals surface area contributed by atoms with Crippen LogP contribution >= 0.6 is 0 Å². The monoisotopic (exact) mass is 260 g/mol. The van der Waals surface area contributed by atoms with Crippen molar-refractivity contribution in [3.05, 3.63) is 34.8 Å². The highest BCUT2D eigenvalue weighted by molar-refractivity contribution is 6.19. The van der Waals surface area contributed by atoms with Crippen LogP contribution in [0.15, 0.2) is 12.1 Å². The number of aromatic amines is 1. The Balaban J connectivity index is 2.30. The first-order valence-corrected chi connectivity index (χ1v) is 6.57. The van der Waals surface area contributed by atoms with Crippen LogP contribution < -0.4 is 5.32 Å². The Hall–Kier alpha value is -1.78. The van der Waals surface area contributed by atoms with Gasteiger partial charge in [-0.1, -0.05) is 6.07 Å². The molecule has 0 fully saturated rings. The third-order valence-corrected chi connectivity index (χ3v) is 3.45. The second-order valence-corrected chi connectivity index (χ2v) is 4.80. The fourth-order valence-corrected chi connectivity index (χ4v) is 2.41. The van der Waals surface area contributed by atoms with Gasteiger partial charge in [0.25, 0.3) is 0 Å². The van der Waals surface area contributed by atoms with Crippen LogP contribution in [-0.4, -0.2) is 25.3 Å². The number of hydrogen-bond donors (Lipinski definition) is 2. The van der Waals surface area contributed by atoms with Crippen molar-refractivity contribution in [3.63, 3.8) is 0 Å². The smallest absolute Gasteiger partial charge is 0.212 e. The molecule has 0 saturated heterocycles. The summed E-state index contributed by atoms with van der Waals surface area (Å²) in [4.78, 5) is 14.3. The Kier molecular flexibility index (Phi) is 3.93. The van der Waals surface area contributed by atoms with Crippen molar-refractivity contribution in [3.8, 4) is 0 Å². The minimum atomic E-state index is -0.229. The van der Waals surface area contributed by atoms with Crippen molar-refractivity contribution < 1.29 is 9.18 Å². The van der Waals surface area contributed by atoms with Gasteiger partial charge in [0.15, 0.2) is 0 Å². The van der Waals surface area contributed by atoms with Crippen LogP contribution in [0.3, 0.4) is 0 Å². The molecule has 2 N–H and O–H groups in total. The second-order valence-electron chi connectivity index (χ2n) is 4.80. The van der Waals surface area contributed by atoms with E-state index in [-0.39, 0.29) is 11.7 Å². The molecule has 100 valence electrons. The first kappa shape index (κ1) is 13.7. The van der Waals surface area contributed by atoms with Gasteiger partial charge in [0.05, 0.1) is 5.52 Å². The lowest BCUT2D eigenvalue weighted by molar-refractivity contribution is -0.118. The lowest BCUT2D eigenvalue weighted by atomic mass is 10.0. The van der Waals surface area contributed by atoms with E-state index in [9.17, 15) is 9.18 Å². The summed E-state index contributed by atoms with van der Waals surface area (Å²) >= 11 is 0. The summed E-state index contributed by atoms with van der Waals surface area (Å²) in [5.74, 6) is -0.187. The summed E-state index contributed by atoms with van der Waals surface area (Å²) in [6.45, 7) is 4.50. The largest absolute Gasteiger partial charge is 0.356 e. The van der Waals surface area contributed by atoms with Crippen molar-refractivity contribution in [1.29, 1.82) is 0 Å². The normalized spacial score (nSPS) is 10.9. The van der Waals surface area contributed by atoms with Crippen LogP contribution in [0, 0.1) is 19.7 Å². The van der Waals surface area contributed by atoms with E-state index in [2.05, 4.69) is 10.3 Å². The van der Waals surface area contributed by atoms with E-state index >= 15 is 0 Å². The highest BCUT2D eigenvalue weighted by Crippen LogP contribution is 2.27. The van der Waals surface area contributed by atoms with Crippen molar-refractivity contribution >= 4 is 24.7 Å². The quantitative estimate of drug-likeness (QED) is 0.806. The lowest BCUT2D eigenvalue weighted by Crippen LogP contribution is -2.24. The number of rotatable bonds is 4. The van der Waals surface area contributed by atoms with E-state index < -0.39 is 0 Å². The Bertz CT molecular complexity index is 621. The predicted octanol–water partition coefficient (Wildman–Crippen LogP) is 1.63. The number of hydrogen-bond acceptors (Lipinski definition) is 1. The first-order valence-electron chi connectivity index (χ1n) is 6.57. The molecule has 2 rings (SSSR count). The van der Waals surface area contributed by atoms with Gasteiger partial charge in [0.2, 0.25) is 5.91 Å². The van der Waals surface area contributed by atoms with Crippen molar-refractivity contribution in [2.75, 3.05) is 6.54 Å². The Labute approximate surface area is 113 Å². The fraction of sp³-hybridized carbons (Fsp3) is 0.357. The minimum Gasteiger partial charge on any atom is -0.356 e. The molecule has 0 unspecified atom stereocenters. The molecule has 1 amide bonds. The fourth-order valence-electron chi connectivity index (χ4n) is 2.41. The van der Waals surface area contributed by atoms with Gasteiger partial charge in [-0.3, -0.25) is 4.79 Å². The number of nitrogens with one attached hydrogen (secondary N) is 2. The average molecular weight is 260 g/mol. The molecule has 1 aromatic heterocycles. The Morgan fingerprint density at radius 3 is 2.84 bits per heavy atom.